The number of hydrogen-bond donors (Lipinski definition) is 2. The number of halogens is 3. The highest BCUT2D eigenvalue weighted by atomic mass is 32.1. The van der Waals surface area contributed by atoms with E-state index in [0.29, 0.717) is 10.2 Å². The van der Waals surface area contributed by atoms with Crippen LogP contribution < -0.4 is 5.32 Å². The Balaban J connectivity index is 2.01. The number of rotatable bonds is 2. The number of pyridine rings is 1. The van der Waals surface area contributed by atoms with Gasteiger partial charge in [0.05, 0.1) is 17.7 Å². The van der Waals surface area contributed by atoms with Crippen LogP contribution in [0, 0.1) is 16.5 Å². The standard InChI is InChI=1S/C16H11F3N2OS/c17-16(18,19)12-6-1-4-11(10-12)5-2-8-20-14(22)13-7-3-9-21-15(13)23/h1,3-4,6-7,9-10H,8H2,(H,20,22)(H,21,23). The molecule has 1 aromatic carbocycles. The summed E-state index contributed by atoms with van der Waals surface area (Å²) in [6, 6.07) is 7.89. The third kappa shape index (κ3) is 4.69. The normalized spacial score (nSPS) is 10.6. The summed E-state index contributed by atoms with van der Waals surface area (Å²) in [6.45, 7) is -0.00124. The molecule has 0 aliphatic heterocycles. The number of benzene rings is 1. The summed E-state index contributed by atoms with van der Waals surface area (Å²) in [4.78, 5) is 14.6. The van der Waals surface area contributed by atoms with Crippen LogP contribution in [0.15, 0.2) is 42.6 Å². The summed E-state index contributed by atoms with van der Waals surface area (Å²) in [5.41, 5.74) is -0.224. The number of H-pyrrole nitrogens is 1. The Labute approximate surface area is 135 Å². The number of alkyl halides is 3. The Morgan fingerprint density at radius 2 is 2.04 bits per heavy atom. The van der Waals surface area contributed by atoms with Crippen molar-refractivity contribution in [1.29, 1.82) is 0 Å². The zero-order chi connectivity index (χ0) is 16.9. The van der Waals surface area contributed by atoms with Gasteiger partial charge in [0.2, 0.25) is 0 Å². The fraction of sp³-hybridized carbons (Fsp3) is 0.125. The van der Waals surface area contributed by atoms with Crippen molar-refractivity contribution >= 4 is 18.1 Å². The van der Waals surface area contributed by atoms with Crippen LogP contribution in [0.3, 0.4) is 0 Å². The molecule has 0 saturated carbocycles. The number of aromatic amines is 1. The molecule has 0 aliphatic carbocycles. The van der Waals surface area contributed by atoms with Crippen LogP contribution in [-0.4, -0.2) is 17.4 Å². The molecule has 0 bridgehead atoms. The second-order valence-electron chi connectivity index (χ2n) is 4.48. The number of nitrogens with one attached hydrogen (secondary N) is 2. The molecule has 0 aliphatic rings. The van der Waals surface area contributed by atoms with Gasteiger partial charge in [-0.15, -0.1) is 0 Å². The molecule has 2 N–H and O–H groups in total. The van der Waals surface area contributed by atoms with Gasteiger partial charge < -0.3 is 10.3 Å². The molecule has 118 valence electrons. The predicted octanol–water partition coefficient (Wildman–Crippen LogP) is 3.54. The lowest BCUT2D eigenvalue weighted by atomic mass is 10.1. The van der Waals surface area contributed by atoms with Gasteiger partial charge in [-0.05, 0) is 30.3 Å². The first kappa shape index (κ1) is 16.8. The Hall–Kier alpha value is -2.59. The molecular weight excluding hydrogens is 325 g/mol. The van der Waals surface area contributed by atoms with Crippen molar-refractivity contribution in [2.24, 2.45) is 0 Å². The van der Waals surface area contributed by atoms with E-state index < -0.39 is 17.6 Å². The van der Waals surface area contributed by atoms with Gasteiger partial charge >= 0.3 is 6.18 Å². The lowest BCUT2D eigenvalue weighted by Gasteiger charge is -2.05. The molecule has 0 unspecified atom stereocenters. The molecule has 1 heterocycles. The van der Waals surface area contributed by atoms with Gasteiger partial charge in [0.15, 0.2) is 0 Å². The zero-order valence-corrected chi connectivity index (χ0v) is 12.5. The summed E-state index contributed by atoms with van der Waals surface area (Å²) in [5, 5.41) is 2.53. The second kappa shape index (κ2) is 7.11. The quantitative estimate of drug-likeness (QED) is 0.651. The number of hydrogen-bond acceptors (Lipinski definition) is 2. The maximum Gasteiger partial charge on any atom is 0.416 e. The first-order chi connectivity index (χ1) is 10.9. The Kier molecular flexibility index (Phi) is 5.19. The van der Waals surface area contributed by atoms with Crippen LogP contribution in [0.1, 0.15) is 21.5 Å². The van der Waals surface area contributed by atoms with Crippen molar-refractivity contribution in [3.8, 4) is 11.8 Å². The predicted molar refractivity (Wildman–Crippen MR) is 82.3 cm³/mol. The maximum atomic E-state index is 12.6. The van der Waals surface area contributed by atoms with Gasteiger partial charge in [0.25, 0.3) is 5.91 Å². The van der Waals surface area contributed by atoms with Crippen molar-refractivity contribution in [3.63, 3.8) is 0 Å². The summed E-state index contributed by atoms with van der Waals surface area (Å²) in [6.07, 6.45) is -2.80. The van der Waals surface area contributed by atoms with Crippen molar-refractivity contribution in [3.05, 3.63) is 63.9 Å². The molecule has 0 spiro atoms. The third-order valence-electron chi connectivity index (χ3n) is 2.82. The molecule has 1 aromatic heterocycles. The first-order valence-corrected chi connectivity index (χ1v) is 6.91. The highest BCUT2D eigenvalue weighted by Gasteiger charge is 2.30. The van der Waals surface area contributed by atoms with Crippen molar-refractivity contribution in [1.82, 2.24) is 10.3 Å². The Bertz CT molecular complexity index is 831. The summed E-state index contributed by atoms with van der Waals surface area (Å²) in [7, 11) is 0. The maximum absolute atomic E-state index is 12.6. The van der Waals surface area contributed by atoms with Crippen LogP contribution in [0.4, 0.5) is 13.2 Å². The van der Waals surface area contributed by atoms with E-state index in [-0.39, 0.29) is 12.1 Å². The smallest absolute Gasteiger partial charge is 0.352 e. The van der Waals surface area contributed by atoms with E-state index in [9.17, 15) is 18.0 Å². The summed E-state index contributed by atoms with van der Waals surface area (Å²) in [5.74, 6) is 4.79. The number of carbonyl (C=O) groups excluding carboxylic acids is 1. The van der Waals surface area contributed by atoms with E-state index in [1.54, 1.807) is 18.3 Å². The zero-order valence-electron chi connectivity index (χ0n) is 11.7. The monoisotopic (exact) mass is 336 g/mol. The van der Waals surface area contributed by atoms with Crippen LogP contribution in [-0.2, 0) is 6.18 Å². The van der Waals surface area contributed by atoms with Crippen LogP contribution in [0.2, 0.25) is 0 Å². The number of aromatic nitrogens is 1. The molecule has 2 rings (SSSR count). The molecule has 0 radical (unpaired) electrons. The van der Waals surface area contributed by atoms with E-state index in [1.165, 1.54) is 12.1 Å². The first-order valence-electron chi connectivity index (χ1n) is 6.50. The van der Waals surface area contributed by atoms with E-state index in [0.717, 1.165) is 12.1 Å². The minimum Gasteiger partial charge on any atom is -0.352 e. The lowest BCUT2D eigenvalue weighted by Crippen LogP contribution is -2.24. The van der Waals surface area contributed by atoms with Gasteiger partial charge in [-0.2, -0.15) is 13.2 Å². The second-order valence-corrected chi connectivity index (χ2v) is 4.88. The van der Waals surface area contributed by atoms with Crippen molar-refractivity contribution < 1.29 is 18.0 Å². The van der Waals surface area contributed by atoms with Gasteiger partial charge in [-0.25, -0.2) is 0 Å². The average Bonchev–Trinajstić information content (AvgIpc) is 2.51. The van der Waals surface area contributed by atoms with E-state index >= 15 is 0 Å². The highest BCUT2D eigenvalue weighted by molar-refractivity contribution is 7.71. The number of carbonyl (C=O) groups is 1. The van der Waals surface area contributed by atoms with E-state index in [1.807, 2.05) is 0 Å². The van der Waals surface area contributed by atoms with Crippen LogP contribution in [0.25, 0.3) is 0 Å². The molecule has 7 heteroatoms. The number of amides is 1. The molecule has 1 amide bonds. The Morgan fingerprint density at radius 1 is 1.26 bits per heavy atom. The van der Waals surface area contributed by atoms with Gasteiger partial charge in [-0.1, -0.05) is 30.1 Å². The highest BCUT2D eigenvalue weighted by Crippen LogP contribution is 2.29. The summed E-state index contributed by atoms with van der Waals surface area (Å²) >= 11 is 4.97. The largest absolute Gasteiger partial charge is 0.416 e. The van der Waals surface area contributed by atoms with Crippen molar-refractivity contribution in [2.75, 3.05) is 6.54 Å². The van der Waals surface area contributed by atoms with Crippen molar-refractivity contribution in [2.45, 2.75) is 6.18 Å². The molecule has 23 heavy (non-hydrogen) atoms. The minimum absolute atomic E-state index is 0.00124. The van der Waals surface area contributed by atoms with Crippen LogP contribution in [0.5, 0.6) is 0 Å². The molecule has 0 fully saturated rings. The summed E-state index contributed by atoms with van der Waals surface area (Å²) < 4.78 is 38.0. The average molecular weight is 336 g/mol. The fourth-order valence-corrected chi connectivity index (χ4v) is 1.97. The molecule has 2 aromatic rings. The Morgan fingerprint density at radius 3 is 2.74 bits per heavy atom. The van der Waals surface area contributed by atoms with Gasteiger partial charge in [0.1, 0.15) is 4.64 Å². The lowest BCUT2D eigenvalue weighted by molar-refractivity contribution is -0.137. The SMILES string of the molecule is O=C(NCC#Cc1cccc(C(F)(F)F)c1)c1ccc[nH]c1=S. The topological polar surface area (TPSA) is 44.9 Å². The minimum atomic E-state index is -4.41. The third-order valence-corrected chi connectivity index (χ3v) is 3.16. The molecule has 0 saturated heterocycles. The van der Waals surface area contributed by atoms with E-state index in [4.69, 9.17) is 12.2 Å². The van der Waals surface area contributed by atoms with Gasteiger partial charge in [-0.3, -0.25) is 4.79 Å². The van der Waals surface area contributed by atoms with Gasteiger partial charge in [0, 0.05) is 11.8 Å². The molecule has 0 atom stereocenters. The van der Waals surface area contributed by atoms with E-state index in [2.05, 4.69) is 22.1 Å². The molecule has 3 nitrogen and oxygen atoms in total. The molecular formula is C16H11F3N2OS. The fourth-order valence-electron chi connectivity index (χ4n) is 1.74. The van der Waals surface area contributed by atoms with Crippen LogP contribution >= 0.6 is 12.2 Å².